The molecule has 1 fully saturated rings. The average molecular weight is 352 g/mol. The van der Waals surface area contributed by atoms with Crippen LogP contribution in [0.5, 0.6) is 11.5 Å². The molecule has 2 aromatic carbocycles. The van der Waals surface area contributed by atoms with Crippen molar-refractivity contribution in [1.29, 1.82) is 0 Å². The number of carbonyl (C=O) groups is 1. The van der Waals surface area contributed by atoms with Crippen molar-refractivity contribution in [3.05, 3.63) is 59.7 Å². The molecule has 5 nitrogen and oxygen atoms in total. The molecule has 0 radical (unpaired) electrons. The van der Waals surface area contributed by atoms with Crippen molar-refractivity contribution in [1.82, 2.24) is 9.80 Å². The molecule has 1 saturated heterocycles. The van der Waals surface area contributed by atoms with Gasteiger partial charge in [-0.1, -0.05) is 30.3 Å². The van der Waals surface area contributed by atoms with Gasteiger partial charge in [0.25, 0.3) is 5.91 Å². The molecule has 0 aliphatic carbocycles. The number of carbonyl (C=O) groups excluding carboxylic acids is 1. The van der Waals surface area contributed by atoms with E-state index in [9.17, 15) is 4.79 Å². The number of rotatable bonds is 2. The van der Waals surface area contributed by atoms with Gasteiger partial charge in [0.1, 0.15) is 0 Å². The fraction of sp³-hybridized carbons (Fsp3) is 0.381. The van der Waals surface area contributed by atoms with Gasteiger partial charge in [-0.25, -0.2) is 0 Å². The van der Waals surface area contributed by atoms with Gasteiger partial charge >= 0.3 is 0 Å². The predicted octanol–water partition coefficient (Wildman–Crippen LogP) is 2.98. The fourth-order valence-corrected chi connectivity index (χ4v) is 3.59. The average Bonchev–Trinajstić information content (AvgIpc) is 2.93. The summed E-state index contributed by atoms with van der Waals surface area (Å²) >= 11 is 0. The number of hydrogen-bond acceptors (Lipinski definition) is 4. The van der Waals surface area contributed by atoms with Crippen LogP contribution < -0.4 is 9.47 Å². The Kier molecular flexibility index (Phi) is 4.80. The van der Waals surface area contributed by atoms with Crippen molar-refractivity contribution >= 4 is 5.91 Å². The second-order valence-electron chi connectivity index (χ2n) is 6.90. The lowest BCUT2D eigenvalue weighted by Gasteiger charge is -2.40. The third kappa shape index (κ3) is 3.40. The molecule has 1 amide bonds. The molecule has 2 aromatic rings. The summed E-state index contributed by atoms with van der Waals surface area (Å²) in [5.41, 5.74) is 1.82. The summed E-state index contributed by atoms with van der Waals surface area (Å²) in [4.78, 5) is 17.5. The minimum atomic E-state index is 0.0441. The van der Waals surface area contributed by atoms with Crippen molar-refractivity contribution in [2.24, 2.45) is 0 Å². The number of piperazine rings is 1. The van der Waals surface area contributed by atoms with Crippen LogP contribution in [0.1, 0.15) is 28.4 Å². The van der Waals surface area contributed by atoms with Crippen LogP contribution in [-0.4, -0.2) is 55.6 Å². The molecule has 2 heterocycles. The van der Waals surface area contributed by atoms with Crippen LogP contribution in [0.3, 0.4) is 0 Å². The van der Waals surface area contributed by atoms with Crippen molar-refractivity contribution in [3.8, 4) is 11.5 Å². The topological polar surface area (TPSA) is 42.0 Å². The van der Waals surface area contributed by atoms with E-state index >= 15 is 0 Å². The van der Waals surface area contributed by atoms with Crippen LogP contribution in [0.2, 0.25) is 0 Å². The zero-order valence-electron chi connectivity index (χ0n) is 15.1. The Labute approximate surface area is 154 Å². The number of hydrogen-bond donors (Lipinski definition) is 0. The van der Waals surface area contributed by atoms with E-state index < -0.39 is 0 Å². The molecule has 0 N–H and O–H groups in total. The first kappa shape index (κ1) is 16.9. The van der Waals surface area contributed by atoms with E-state index in [2.05, 4.69) is 24.1 Å². The first-order valence-corrected chi connectivity index (χ1v) is 9.16. The molecule has 26 heavy (non-hydrogen) atoms. The number of amides is 1. The molecular weight excluding hydrogens is 328 g/mol. The van der Waals surface area contributed by atoms with E-state index in [4.69, 9.17) is 9.47 Å². The van der Waals surface area contributed by atoms with Gasteiger partial charge in [-0.2, -0.15) is 0 Å². The first-order chi connectivity index (χ1) is 12.7. The van der Waals surface area contributed by atoms with Crippen LogP contribution in [0, 0.1) is 0 Å². The molecule has 1 atom stereocenters. The Morgan fingerprint density at radius 3 is 2.58 bits per heavy atom. The highest BCUT2D eigenvalue weighted by atomic mass is 16.5. The Morgan fingerprint density at radius 1 is 1.00 bits per heavy atom. The molecule has 0 saturated carbocycles. The standard InChI is InChI=1S/C21H24N2O3/c1-22-10-11-23(18(15-22)16-6-3-2-4-7-16)21(24)17-8-9-19-20(14-17)26-13-5-12-25-19/h2-4,6-9,14,18H,5,10-13,15H2,1H3/t18-/m1/s1. The Balaban J connectivity index is 1.62. The number of nitrogens with zero attached hydrogens (tertiary/aromatic N) is 2. The van der Waals surface area contributed by atoms with E-state index in [0.717, 1.165) is 25.3 Å². The maximum atomic E-state index is 13.3. The lowest BCUT2D eigenvalue weighted by atomic mass is 10.0. The van der Waals surface area contributed by atoms with Crippen LogP contribution in [0.4, 0.5) is 0 Å². The largest absolute Gasteiger partial charge is 0.490 e. The van der Waals surface area contributed by atoms with Crippen LogP contribution in [0.15, 0.2) is 48.5 Å². The minimum absolute atomic E-state index is 0.0441. The lowest BCUT2D eigenvalue weighted by Crippen LogP contribution is -2.49. The van der Waals surface area contributed by atoms with Crippen LogP contribution >= 0.6 is 0 Å². The highest BCUT2D eigenvalue weighted by Gasteiger charge is 2.31. The SMILES string of the molecule is CN1CCN(C(=O)c2ccc3c(c2)OCCCO3)[C@@H](c2ccccc2)C1. The van der Waals surface area contributed by atoms with Gasteiger partial charge in [-0.3, -0.25) is 4.79 Å². The molecule has 136 valence electrons. The quantitative estimate of drug-likeness (QED) is 0.833. The number of fused-ring (bicyclic) bond motifs is 1. The van der Waals surface area contributed by atoms with Gasteiger partial charge in [0, 0.05) is 31.6 Å². The number of ether oxygens (including phenoxy) is 2. The molecule has 2 aliphatic heterocycles. The summed E-state index contributed by atoms with van der Waals surface area (Å²) in [6.07, 6.45) is 0.854. The van der Waals surface area contributed by atoms with Gasteiger partial charge in [0.2, 0.25) is 0 Å². The molecule has 2 aliphatic rings. The summed E-state index contributed by atoms with van der Waals surface area (Å²) in [7, 11) is 2.10. The first-order valence-electron chi connectivity index (χ1n) is 9.16. The van der Waals surface area contributed by atoms with Gasteiger partial charge in [0.15, 0.2) is 11.5 Å². The molecule has 0 bridgehead atoms. The summed E-state index contributed by atoms with van der Waals surface area (Å²) in [6, 6.07) is 15.8. The van der Waals surface area contributed by atoms with Gasteiger partial charge in [0.05, 0.1) is 19.3 Å². The third-order valence-corrected chi connectivity index (χ3v) is 5.02. The summed E-state index contributed by atoms with van der Waals surface area (Å²) in [5, 5.41) is 0. The summed E-state index contributed by atoms with van der Waals surface area (Å²) in [6.45, 7) is 3.68. The van der Waals surface area contributed by atoms with Gasteiger partial charge in [-0.05, 0) is 30.8 Å². The predicted molar refractivity (Wildman–Crippen MR) is 99.8 cm³/mol. The molecule has 4 rings (SSSR count). The fourth-order valence-electron chi connectivity index (χ4n) is 3.59. The highest BCUT2D eigenvalue weighted by molar-refractivity contribution is 5.95. The van der Waals surface area contributed by atoms with Gasteiger partial charge < -0.3 is 19.3 Å². The molecule has 0 unspecified atom stereocenters. The Hall–Kier alpha value is -2.53. The maximum absolute atomic E-state index is 13.3. The molecular formula is C21H24N2O3. The Morgan fingerprint density at radius 2 is 1.77 bits per heavy atom. The maximum Gasteiger partial charge on any atom is 0.254 e. The van der Waals surface area contributed by atoms with Crippen molar-refractivity contribution < 1.29 is 14.3 Å². The number of benzene rings is 2. The normalized spacial score (nSPS) is 20.5. The van der Waals surface area contributed by atoms with Crippen molar-refractivity contribution in [3.63, 3.8) is 0 Å². The molecule has 0 aromatic heterocycles. The summed E-state index contributed by atoms with van der Waals surface area (Å²) < 4.78 is 11.4. The van der Waals surface area contributed by atoms with E-state index in [1.54, 1.807) is 0 Å². The van der Waals surface area contributed by atoms with Crippen LogP contribution in [-0.2, 0) is 0 Å². The van der Waals surface area contributed by atoms with E-state index in [1.165, 1.54) is 5.56 Å². The van der Waals surface area contributed by atoms with Gasteiger partial charge in [-0.15, -0.1) is 0 Å². The summed E-state index contributed by atoms with van der Waals surface area (Å²) in [5.74, 6) is 1.43. The number of likely N-dealkylation sites (N-methyl/N-ethyl adjacent to an activating group) is 1. The second kappa shape index (κ2) is 7.38. The van der Waals surface area contributed by atoms with E-state index in [1.807, 2.05) is 41.3 Å². The monoisotopic (exact) mass is 352 g/mol. The molecule has 0 spiro atoms. The van der Waals surface area contributed by atoms with Crippen molar-refractivity contribution in [2.45, 2.75) is 12.5 Å². The zero-order valence-corrected chi connectivity index (χ0v) is 15.1. The van der Waals surface area contributed by atoms with E-state index in [0.29, 0.717) is 31.1 Å². The lowest BCUT2D eigenvalue weighted by molar-refractivity contribution is 0.0497. The van der Waals surface area contributed by atoms with Crippen molar-refractivity contribution in [2.75, 3.05) is 39.9 Å². The smallest absolute Gasteiger partial charge is 0.254 e. The molecule has 5 heteroatoms. The second-order valence-corrected chi connectivity index (χ2v) is 6.90. The highest BCUT2D eigenvalue weighted by Crippen LogP contribution is 2.32. The van der Waals surface area contributed by atoms with Crippen LogP contribution in [0.25, 0.3) is 0 Å². The minimum Gasteiger partial charge on any atom is -0.490 e. The Bertz CT molecular complexity index is 778. The third-order valence-electron chi connectivity index (χ3n) is 5.02. The van der Waals surface area contributed by atoms with E-state index in [-0.39, 0.29) is 11.9 Å². The zero-order chi connectivity index (χ0) is 17.9.